The van der Waals surface area contributed by atoms with Crippen LogP contribution >= 0.6 is 0 Å². The van der Waals surface area contributed by atoms with Crippen molar-refractivity contribution in [3.63, 3.8) is 0 Å². The topological polar surface area (TPSA) is 55.5 Å². The van der Waals surface area contributed by atoms with E-state index in [0.717, 1.165) is 0 Å². The highest BCUT2D eigenvalue weighted by atomic mass is 16.6. The summed E-state index contributed by atoms with van der Waals surface area (Å²) in [5, 5.41) is 8.67. The average molecular weight is 117 g/mol. The van der Waals surface area contributed by atoms with Gasteiger partial charge in [-0.1, -0.05) is 6.58 Å². The maximum Gasteiger partial charge on any atom is 0.159 e. The molecule has 0 aliphatic rings. The molecule has 0 aromatic rings. The molecule has 0 saturated carbocycles. The molecule has 3 N–H and O–H groups in total. The van der Waals surface area contributed by atoms with Crippen LogP contribution in [0.5, 0.6) is 0 Å². The van der Waals surface area contributed by atoms with Gasteiger partial charge in [-0.2, -0.15) is 0 Å². The summed E-state index contributed by atoms with van der Waals surface area (Å²) in [6, 6.07) is 0. The summed E-state index contributed by atoms with van der Waals surface area (Å²) in [6.45, 7) is 3.38. The number of hydrogen-bond donors (Lipinski definition) is 2. The number of ether oxygens (including phenoxy) is 1. The lowest BCUT2D eigenvalue weighted by atomic mass is 10.3. The molecule has 0 heterocycles. The quantitative estimate of drug-likeness (QED) is 0.504. The monoisotopic (exact) mass is 117 g/mol. The predicted molar refractivity (Wildman–Crippen MR) is 31.0 cm³/mol. The average Bonchev–Trinajstić information content (AvgIpc) is 1.65. The zero-order valence-electron chi connectivity index (χ0n) is 4.92. The van der Waals surface area contributed by atoms with E-state index in [4.69, 9.17) is 10.8 Å². The van der Waals surface area contributed by atoms with Crippen molar-refractivity contribution in [3.05, 3.63) is 12.3 Å². The van der Waals surface area contributed by atoms with Gasteiger partial charge in [0, 0.05) is 19.2 Å². The fourth-order valence-electron chi connectivity index (χ4n) is 0.308. The van der Waals surface area contributed by atoms with Crippen molar-refractivity contribution in [2.75, 3.05) is 7.11 Å². The van der Waals surface area contributed by atoms with Crippen LogP contribution in [-0.4, -0.2) is 18.5 Å². The molecule has 0 radical (unpaired) electrons. The lowest BCUT2D eigenvalue weighted by Gasteiger charge is -2.05. The summed E-state index contributed by atoms with van der Waals surface area (Å²) >= 11 is 0. The molecular formula is C5H11NO2. The van der Waals surface area contributed by atoms with Gasteiger partial charge in [-0.05, 0) is 0 Å². The Kier molecular flexibility index (Phi) is 3.23. The van der Waals surface area contributed by atoms with E-state index >= 15 is 0 Å². The molecule has 3 nitrogen and oxygen atoms in total. The molecule has 48 valence electrons. The predicted octanol–water partition coefficient (Wildman–Crippen LogP) is -0.186. The minimum Gasteiger partial charge on any atom is -0.402 e. The SMILES string of the molecule is C=C(N)CC(O)OC. The highest BCUT2D eigenvalue weighted by Crippen LogP contribution is 1.95. The molecule has 0 saturated heterocycles. The van der Waals surface area contributed by atoms with Crippen molar-refractivity contribution in [1.82, 2.24) is 0 Å². The number of aliphatic hydroxyl groups is 1. The number of rotatable bonds is 3. The molecule has 0 amide bonds. The summed E-state index contributed by atoms with van der Waals surface area (Å²) in [6.07, 6.45) is -0.497. The van der Waals surface area contributed by atoms with Gasteiger partial charge in [0.1, 0.15) is 0 Å². The highest BCUT2D eigenvalue weighted by molar-refractivity contribution is 4.86. The summed E-state index contributed by atoms with van der Waals surface area (Å²) in [5.74, 6) is 0. The van der Waals surface area contributed by atoms with Crippen LogP contribution in [0.2, 0.25) is 0 Å². The first-order valence-corrected chi connectivity index (χ1v) is 2.31. The van der Waals surface area contributed by atoms with Crippen LogP contribution in [0.4, 0.5) is 0 Å². The van der Waals surface area contributed by atoms with Gasteiger partial charge in [-0.15, -0.1) is 0 Å². The third-order valence-corrected chi connectivity index (χ3v) is 0.709. The molecule has 0 aliphatic carbocycles. The van der Waals surface area contributed by atoms with Gasteiger partial charge in [0.2, 0.25) is 0 Å². The number of methoxy groups -OCH3 is 1. The summed E-state index contributed by atoms with van der Waals surface area (Å²) in [5.41, 5.74) is 5.56. The number of hydrogen-bond acceptors (Lipinski definition) is 3. The van der Waals surface area contributed by atoms with E-state index in [2.05, 4.69) is 11.3 Å². The molecule has 0 fully saturated rings. The molecule has 0 rings (SSSR count). The van der Waals surface area contributed by atoms with Crippen LogP contribution in [0, 0.1) is 0 Å². The van der Waals surface area contributed by atoms with Crippen molar-refractivity contribution in [1.29, 1.82) is 0 Å². The van der Waals surface area contributed by atoms with Crippen molar-refractivity contribution in [2.45, 2.75) is 12.7 Å². The van der Waals surface area contributed by atoms with Gasteiger partial charge in [-0.3, -0.25) is 0 Å². The van der Waals surface area contributed by atoms with Crippen LogP contribution in [0.25, 0.3) is 0 Å². The van der Waals surface area contributed by atoms with Crippen LogP contribution in [0.3, 0.4) is 0 Å². The molecule has 1 atom stereocenters. The Labute approximate surface area is 48.8 Å². The fourth-order valence-corrected chi connectivity index (χ4v) is 0.308. The summed E-state index contributed by atoms with van der Waals surface area (Å²) in [7, 11) is 1.41. The Morgan fingerprint density at radius 3 is 2.62 bits per heavy atom. The van der Waals surface area contributed by atoms with Crippen LogP contribution in [0.1, 0.15) is 6.42 Å². The second kappa shape index (κ2) is 3.46. The molecule has 0 aromatic carbocycles. The van der Waals surface area contributed by atoms with Gasteiger partial charge >= 0.3 is 0 Å². The Bertz CT molecular complexity index is 82.5. The standard InChI is InChI=1S/C5H11NO2/c1-4(6)3-5(7)8-2/h5,7H,1,3,6H2,2H3. The van der Waals surface area contributed by atoms with Crippen molar-refractivity contribution < 1.29 is 9.84 Å². The van der Waals surface area contributed by atoms with E-state index < -0.39 is 6.29 Å². The molecule has 0 spiro atoms. The Hall–Kier alpha value is -0.540. The van der Waals surface area contributed by atoms with E-state index in [-0.39, 0.29) is 0 Å². The molecule has 0 aliphatic heterocycles. The van der Waals surface area contributed by atoms with E-state index in [1.807, 2.05) is 0 Å². The number of nitrogens with two attached hydrogens (primary N) is 1. The smallest absolute Gasteiger partial charge is 0.159 e. The highest BCUT2D eigenvalue weighted by Gasteiger charge is 1.98. The molecule has 3 heteroatoms. The second-order valence-corrected chi connectivity index (χ2v) is 1.55. The van der Waals surface area contributed by atoms with Crippen LogP contribution in [-0.2, 0) is 4.74 Å². The maximum atomic E-state index is 8.67. The van der Waals surface area contributed by atoms with E-state index in [9.17, 15) is 0 Å². The largest absolute Gasteiger partial charge is 0.402 e. The first-order chi connectivity index (χ1) is 3.66. The zero-order valence-corrected chi connectivity index (χ0v) is 4.92. The fraction of sp³-hybridized carbons (Fsp3) is 0.600. The molecule has 8 heavy (non-hydrogen) atoms. The van der Waals surface area contributed by atoms with Gasteiger partial charge in [0.15, 0.2) is 6.29 Å². The zero-order chi connectivity index (χ0) is 6.57. The van der Waals surface area contributed by atoms with E-state index in [1.165, 1.54) is 7.11 Å². The third kappa shape index (κ3) is 3.64. The summed E-state index contributed by atoms with van der Waals surface area (Å²) in [4.78, 5) is 0. The minimum absolute atomic E-state index is 0.302. The number of aliphatic hydroxyl groups excluding tert-OH is 1. The normalized spacial score (nSPS) is 13.2. The van der Waals surface area contributed by atoms with Gasteiger partial charge in [-0.25, -0.2) is 0 Å². The molecular weight excluding hydrogens is 106 g/mol. The first kappa shape index (κ1) is 7.46. The van der Waals surface area contributed by atoms with Gasteiger partial charge < -0.3 is 15.6 Å². The van der Waals surface area contributed by atoms with E-state index in [1.54, 1.807) is 0 Å². The molecule has 0 aromatic heterocycles. The maximum absolute atomic E-state index is 8.67. The lowest BCUT2D eigenvalue weighted by molar-refractivity contribution is -0.0720. The Morgan fingerprint density at radius 2 is 2.50 bits per heavy atom. The van der Waals surface area contributed by atoms with Crippen molar-refractivity contribution in [2.24, 2.45) is 5.73 Å². The van der Waals surface area contributed by atoms with Crippen LogP contribution in [0.15, 0.2) is 12.3 Å². The molecule has 0 bridgehead atoms. The second-order valence-electron chi connectivity index (χ2n) is 1.55. The Balaban J connectivity index is 3.24. The van der Waals surface area contributed by atoms with Crippen molar-refractivity contribution in [3.8, 4) is 0 Å². The van der Waals surface area contributed by atoms with E-state index in [0.29, 0.717) is 12.1 Å². The van der Waals surface area contributed by atoms with Crippen LogP contribution < -0.4 is 5.73 Å². The van der Waals surface area contributed by atoms with Crippen molar-refractivity contribution >= 4 is 0 Å². The molecule has 1 unspecified atom stereocenters. The summed E-state index contributed by atoms with van der Waals surface area (Å²) < 4.78 is 4.48. The third-order valence-electron chi connectivity index (χ3n) is 0.709. The van der Waals surface area contributed by atoms with Gasteiger partial charge in [0.25, 0.3) is 0 Å². The first-order valence-electron chi connectivity index (χ1n) is 2.31. The Morgan fingerprint density at radius 1 is 2.00 bits per heavy atom. The van der Waals surface area contributed by atoms with Gasteiger partial charge in [0.05, 0.1) is 0 Å². The lowest BCUT2D eigenvalue weighted by Crippen LogP contribution is -2.12. The minimum atomic E-state index is -0.799.